The van der Waals surface area contributed by atoms with Crippen molar-refractivity contribution in [3.63, 3.8) is 0 Å². The van der Waals surface area contributed by atoms with Gasteiger partial charge in [-0.3, -0.25) is 0 Å². The first-order valence-electron chi connectivity index (χ1n) is 42.7. The molecule has 0 saturated carbocycles. The van der Waals surface area contributed by atoms with Crippen LogP contribution in [-0.2, 0) is 0 Å². The molecule has 11 nitrogen and oxygen atoms in total. The Balaban J connectivity index is 0.000000137. The smallest absolute Gasteiger partial charge is 0.164 e. The van der Waals surface area contributed by atoms with Gasteiger partial charge in [0.15, 0.2) is 23.3 Å². The van der Waals surface area contributed by atoms with Crippen LogP contribution in [0.25, 0.3) is 233 Å². The molecule has 0 aliphatic heterocycles. The third kappa shape index (κ3) is 11.6. The molecule has 0 atom stereocenters. The summed E-state index contributed by atoms with van der Waals surface area (Å²) in [6.45, 7) is 0. The Morgan fingerprint density at radius 2 is 0.333 bits per heavy atom. The highest BCUT2D eigenvalue weighted by Crippen LogP contribution is 2.48. The van der Waals surface area contributed by atoms with E-state index in [-0.39, 0.29) is 0 Å². The normalized spacial score (nSPS) is 11.8. The molecular formula is C115H73N11. The van der Waals surface area contributed by atoms with Crippen LogP contribution in [0, 0.1) is 0 Å². The van der Waals surface area contributed by atoms with Gasteiger partial charge in [-0.25, -0.2) is 24.9 Å². The summed E-state index contributed by atoms with van der Waals surface area (Å²) in [5.41, 5.74) is 28.3. The minimum Gasteiger partial charge on any atom is -0.309 e. The van der Waals surface area contributed by atoms with E-state index in [1.165, 1.54) is 97.7 Å². The second-order valence-corrected chi connectivity index (χ2v) is 32.2. The molecule has 0 saturated heterocycles. The van der Waals surface area contributed by atoms with E-state index < -0.39 is 0 Å². The summed E-state index contributed by atoms with van der Waals surface area (Å²) in [6, 6.07) is 158. The summed E-state index contributed by atoms with van der Waals surface area (Å²) in [5.74, 6) is 2.60. The maximum absolute atomic E-state index is 5.14. The van der Waals surface area contributed by atoms with Gasteiger partial charge in [0, 0.05) is 132 Å². The summed E-state index contributed by atoms with van der Waals surface area (Å²) in [6.07, 6.45) is 0. The molecule has 0 bridgehead atoms. The van der Waals surface area contributed by atoms with E-state index in [4.69, 9.17) is 24.9 Å². The minimum absolute atomic E-state index is 0.627. The summed E-state index contributed by atoms with van der Waals surface area (Å²) in [4.78, 5) is 25.3. The Morgan fingerprint density at radius 1 is 0.127 bits per heavy atom. The van der Waals surface area contributed by atoms with Crippen molar-refractivity contribution in [1.29, 1.82) is 0 Å². The SMILES string of the molecule is c1ccc(-c2cc(-c3ccccc3)nc(-c3ccc(-n4c5ccccc5c5ccc6c7cc8c(cc7n(-c7ccccc7)c6c54)c4ccccc4n8-c4ccccc4)cc3)n2)cc1.c1ccc(-c2nc(-c3ccccc3)nc(-c3ccc(-n4c5ccccc5c5ccc6c7cc8c(cc7n(-c7ccccc7)c6c54)c4ccccc4n8-c4ccccc4)cc3)n2)cc1. The van der Waals surface area contributed by atoms with Crippen LogP contribution in [0.4, 0.5) is 0 Å². The second-order valence-electron chi connectivity index (χ2n) is 32.2. The highest BCUT2D eigenvalue weighted by atomic mass is 15.1. The number of hydrogen-bond donors (Lipinski definition) is 0. The Hall–Kier alpha value is -17.2. The quantitative estimate of drug-likeness (QED) is 0.121. The number of hydrogen-bond acceptors (Lipinski definition) is 5. The van der Waals surface area contributed by atoms with Crippen molar-refractivity contribution < 1.29 is 0 Å². The monoisotopic (exact) mass is 1610 g/mol. The van der Waals surface area contributed by atoms with Gasteiger partial charge in [0.1, 0.15) is 0 Å². The molecule has 0 spiro atoms. The van der Waals surface area contributed by atoms with Crippen LogP contribution in [0.5, 0.6) is 0 Å². The zero-order chi connectivity index (χ0) is 82.9. The molecule has 0 amide bonds. The van der Waals surface area contributed by atoms with Crippen LogP contribution in [0.15, 0.2) is 443 Å². The molecule has 0 N–H and O–H groups in total. The Morgan fingerprint density at radius 3 is 0.651 bits per heavy atom. The number of para-hydroxylation sites is 8. The summed E-state index contributed by atoms with van der Waals surface area (Å²) >= 11 is 0. The predicted molar refractivity (Wildman–Crippen MR) is 521 cm³/mol. The van der Waals surface area contributed by atoms with Crippen molar-refractivity contribution in [3.8, 4) is 102 Å². The van der Waals surface area contributed by atoms with E-state index in [1.54, 1.807) is 0 Å². The van der Waals surface area contributed by atoms with Gasteiger partial charge in [0.25, 0.3) is 0 Å². The number of aromatic nitrogens is 11. The summed E-state index contributed by atoms with van der Waals surface area (Å²) in [7, 11) is 0. The van der Waals surface area contributed by atoms with Gasteiger partial charge in [-0.1, -0.05) is 291 Å². The van der Waals surface area contributed by atoms with Gasteiger partial charge in [0.2, 0.25) is 0 Å². The molecule has 0 aliphatic rings. The van der Waals surface area contributed by atoms with Gasteiger partial charge in [-0.2, -0.15) is 0 Å². The maximum Gasteiger partial charge on any atom is 0.164 e. The van der Waals surface area contributed by atoms with E-state index in [2.05, 4.69) is 397 Å². The standard InChI is InChI=1S/C58H37N5.C57H36N6/c1-5-17-38(18-6-1)50-37-51(39-19-7-2-8-20-39)60-58(59-50)40-29-31-43(32-30-40)62-53-28-16-13-25-44(53)46-33-34-47-49-36-54-48(35-55(49)63(57(47)56(46)62)42-23-11-4-12-24-42)45-26-14-15-27-52(45)61(54)41-21-9-3-10-22-41;1-5-17-37(18-6-1)55-58-56(38-19-7-2-8-20-38)60-57(59-55)39-29-31-42(32-30-39)62-50-28-16-13-25-43(50)45-33-34-46-48-36-51-47(35-52(48)63(54(46)53(45)62)41-23-11-4-12-24-41)44-26-14-15-27-49(44)61(51)40-21-9-3-10-22-40/h1-37H;1-36H. The maximum atomic E-state index is 5.14. The third-order valence-electron chi connectivity index (χ3n) is 25.1. The first kappa shape index (κ1) is 71.7. The van der Waals surface area contributed by atoms with Gasteiger partial charge in [0.05, 0.1) is 77.6 Å². The first-order chi connectivity index (χ1) is 62.5. The van der Waals surface area contributed by atoms with E-state index in [0.29, 0.717) is 23.3 Å². The topological polar surface area (TPSA) is 94.0 Å². The van der Waals surface area contributed by atoms with Crippen molar-refractivity contribution in [2.24, 2.45) is 0 Å². The lowest BCUT2D eigenvalue weighted by molar-refractivity contribution is 1.07. The summed E-state index contributed by atoms with van der Waals surface area (Å²) < 4.78 is 14.7. The number of nitrogens with zero attached hydrogens (tertiary/aromatic N) is 11. The van der Waals surface area contributed by atoms with E-state index in [9.17, 15) is 0 Å². The Kier molecular flexibility index (Phi) is 16.7. The van der Waals surface area contributed by atoms with Crippen LogP contribution >= 0.6 is 0 Å². The fraction of sp³-hybridized carbons (Fsp3) is 0. The lowest BCUT2D eigenvalue weighted by Crippen LogP contribution is -2.01. The van der Waals surface area contributed by atoms with Crippen LogP contribution in [0.2, 0.25) is 0 Å². The highest BCUT2D eigenvalue weighted by Gasteiger charge is 2.28. The zero-order valence-electron chi connectivity index (χ0n) is 68.1. The Bertz CT molecular complexity index is 8130. The van der Waals surface area contributed by atoms with Crippen molar-refractivity contribution in [3.05, 3.63) is 443 Å². The number of rotatable bonds is 12. The van der Waals surface area contributed by atoms with Crippen molar-refractivity contribution >= 4 is 131 Å². The van der Waals surface area contributed by atoms with Crippen LogP contribution in [0.1, 0.15) is 0 Å². The lowest BCUT2D eigenvalue weighted by Gasteiger charge is -2.13. The average molecular weight is 1610 g/mol. The van der Waals surface area contributed by atoms with Crippen molar-refractivity contribution in [2.45, 2.75) is 0 Å². The highest BCUT2D eigenvalue weighted by molar-refractivity contribution is 6.28. The average Bonchev–Trinajstić information content (AvgIpc) is 1.54. The molecule has 18 aromatic carbocycles. The molecule has 26 aromatic rings. The van der Waals surface area contributed by atoms with Crippen molar-refractivity contribution in [2.75, 3.05) is 0 Å². The number of benzene rings is 18. The molecule has 0 radical (unpaired) electrons. The largest absolute Gasteiger partial charge is 0.309 e. The van der Waals surface area contributed by atoms with Crippen LogP contribution in [0.3, 0.4) is 0 Å². The first-order valence-corrected chi connectivity index (χ1v) is 42.7. The predicted octanol–water partition coefficient (Wildman–Crippen LogP) is 28.9. The molecule has 8 aromatic heterocycles. The van der Waals surface area contributed by atoms with Crippen LogP contribution in [-0.4, -0.2) is 52.3 Å². The molecule has 0 unspecified atom stereocenters. The molecule has 588 valence electrons. The van der Waals surface area contributed by atoms with E-state index in [1.807, 2.05) is 72.8 Å². The third-order valence-corrected chi connectivity index (χ3v) is 25.1. The van der Waals surface area contributed by atoms with Gasteiger partial charge in [-0.15, -0.1) is 0 Å². The molecule has 26 rings (SSSR count). The fourth-order valence-corrected chi connectivity index (χ4v) is 19.5. The van der Waals surface area contributed by atoms with Gasteiger partial charge >= 0.3 is 0 Å². The minimum atomic E-state index is 0.627. The van der Waals surface area contributed by atoms with E-state index >= 15 is 0 Å². The van der Waals surface area contributed by atoms with Crippen molar-refractivity contribution in [1.82, 2.24) is 52.3 Å². The Labute approximate surface area is 723 Å². The van der Waals surface area contributed by atoms with Crippen LogP contribution < -0.4 is 0 Å². The van der Waals surface area contributed by atoms with Gasteiger partial charge in [-0.05, 0) is 152 Å². The molecule has 8 heterocycles. The molecule has 0 aliphatic carbocycles. The number of fused-ring (bicyclic) bond motifs is 20. The molecule has 126 heavy (non-hydrogen) atoms. The second kappa shape index (κ2) is 29.3. The fourth-order valence-electron chi connectivity index (χ4n) is 19.5. The van der Waals surface area contributed by atoms with Gasteiger partial charge < -0.3 is 27.4 Å². The summed E-state index contributed by atoms with van der Waals surface area (Å²) in [5, 5.41) is 14.5. The lowest BCUT2D eigenvalue weighted by atomic mass is 10.1. The van der Waals surface area contributed by atoms with E-state index in [0.717, 1.165) is 112 Å². The zero-order valence-corrected chi connectivity index (χ0v) is 68.1. The molecular weight excluding hydrogens is 1540 g/mol. The molecule has 0 fully saturated rings. The molecule has 11 heteroatoms.